The van der Waals surface area contributed by atoms with Gasteiger partial charge in [-0.05, 0) is 42.7 Å². The van der Waals surface area contributed by atoms with Crippen LogP contribution >= 0.6 is 0 Å². The summed E-state index contributed by atoms with van der Waals surface area (Å²) in [6, 6.07) is 13.6. The Morgan fingerprint density at radius 2 is 1.91 bits per heavy atom. The van der Waals surface area contributed by atoms with E-state index in [-0.39, 0.29) is 24.2 Å². The number of amides is 3. The lowest BCUT2D eigenvalue weighted by molar-refractivity contribution is -0.121. The molecule has 0 spiro atoms. The molecular formula is C24H25FN4O3. The Labute approximate surface area is 185 Å². The van der Waals surface area contributed by atoms with Crippen LogP contribution in [0.2, 0.25) is 0 Å². The van der Waals surface area contributed by atoms with E-state index in [0.29, 0.717) is 35.9 Å². The molecule has 3 amide bonds. The molecule has 1 aliphatic rings. The SMILES string of the molecule is O=C(CCc1ncc(-c2ccccc2F)o1)NCc1cccc(NC(=O)N2CCCC2)c1. The molecule has 2 aromatic carbocycles. The molecule has 1 aliphatic heterocycles. The zero-order valence-electron chi connectivity index (χ0n) is 17.6. The fourth-order valence-corrected chi connectivity index (χ4v) is 3.60. The quantitative estimate of drug-likeness (QED) is 0.576. The van der Waals surface area contributed by atoms with Crippen LogP contribution in [0.3, 0.4) is 0 Å². The molecule has 32 heavy (non-hydrogen) atoms. The first-order valence-corrected chi connectivity index (χ1v) is 10.7. The summed E-state index contributed by atoms with van der Waals surface area (Å²) >= 11 is 0. The maximum atomic E-state index is 13.9. The zero-order chi connectivity index (χ0) is 22.3. The number of nitrogens with one attached hydrogen (secondary N) is 2. The Kier molecular flexibility index (Phi) is 6.79. The fraction of sp³-hybridized carbons (Fsp3) is 0.292. The van der Waals surface area contributed by atoms with Crippen LogP contribution in [0, 0.1) is 5.82 Å². The first kappa shape index (κ1) is 21.5. The molecule has 0 atom stereocenters. The summed E-state index contributed by atoms with van der Waals surface area (Å²) in [6.07, 6.45) is 4.05. The minimum absolute atomic E-state index is 0.0932. The molecule has 7 nitrogen and oxygen atoms in total. The average Bonchev–Trinajstić information content (AvgIpc) is 3.49. The number of halogens is 1. The molecule has 0 bridgehead atoms. The number of benzene rings is 2. The molecule has 1 fully saturated rings. The highest BCUT2D eigenvalue weighted by Crippen LogP contribution is 2.23. The molecule has 0 radical (unpaired) electrons. The van der Waals surface area contributed by atoms with E-state index in [1.807, 2.05) is 24.3 Å². The normalized spacial score (nSPS) is 13.2. The van der Waals surface area contributed by atoms with E-state index in [4.69, 9.17) is 4.42 Å². The summed E-state index contributed by atoms with van der Waals surface area (Å²) < 4.78 is 19.4. The van der Waals surface area contributed by atoms with Gasteiger partial charge in [0.25, 0.3) is 0 Å². The predicted octanol–water partition coefficient (Wildman–Crippen LogP) is 4.36. The average molecular weight is 436 g/mol. The van der Waals surface area contributed by atoms with Crippen LogP contribution in [-0.2, 0) is 17.8 Å². The predicted molar refractivity (Wildman–Crippen MR) is 118 cm³/mol. The van der Waals surface area contributed by atoms with Gasteiger partial charge in [0, 0.05) is 38.2 Å². The Morgan fingerprint density at radius 3 is 2.72 bits per heavy atom. The number of hydrogen-bond donors (Lipinski definition) is 2. The number of carbonyl (C=O) groups excluding carboxylic acids is 2. The number of rotatable bonds is 7. The lowest BCUT2D eigenvalue weighted by Gasteiger charge is -2.16. The first-order chi connectivity index (χ1) is 15.6. The highest BCUT2D eigenvalue weighted by atomic mass is 19.1. The Morgan fingerprint density at radius 1 is 1.09 bits per heavy atom. The van der Waals surface area contributed by atoms with Crippen molar-refractivity contribution >= 4 is 17.6 Å². The van der Waals surface area contributed by atoms with Gasteiger partial charge in [-0.15, -0.1) is 0 Å². The maximum Gasteiger partial charge on any atom is 0.321 e. The van der Waals surface area contributed by atoms with Gasteiger partial charge in [0.2, 0.25) is 5.91 Å². The first-order valence-electron chi connectivity index (χ1n) is 10.7. The van der Waals surface area contributed by atoms with E-state index in [0.717, 1.165) is 31.5 Å². The van der Waals surface area contributed by atoms with E-state index >= 15 is 0 Å². The molecular weight excluding hydrogens is 411 g/mol. The van der Waals surface area contributed by atoms with Crippen LogP contribution in [0.1, 0.15) is 30.7 Å². The molecule has 4 rings (SSSR count). The summed E-state index contributed by atoms with van der Waals surface area (Å²) in [5.74, 6) is 0.185. The third kappa shape index (κ3) is 5.51. The molecule has 2 N–H and O–H groups in total. The molecule has 2 heterocycles. The molecule has 0 unspecified atom stereocenters. The summed E-state index contributed by atoms with van der Waals surface area (Å²) in [5.41, 5.74) is 1.93. The van der Waals surface area contributed by atoms with Crippen LogP contribution in [0.15, 0.2) is 59.1 Å². The van der Waals surface area contributed by atoms with Gasteiger partial charge in [0.1, 0.15) is 5.82 Å². The third-order valence-corrected chi connectivity index (χ3v) is 5.32. The maximum absolute atomic E-state index is 13.9. The van der Waals surface area contributed by atoms with E-state index < -0.39 is 0 Å². The largest absolute Gasteiger partial charge is 0.441 e. The van der Waals surface area contributed by atoms with Gasteiger partial charge in [-0.2, -0.15) is 0 Å². The number of anilines is 1. The van der Waals surface area contributed by atoms with Crippen molar-refractivity contribution in [1.82, 2.24) is 15.2 Å². The van der Waals surface area contributed by atoms with Crippen LogP contribution in [-0.4, -0.2) is 34.9 Å². The van der Waals surface area contributed by atoms with E-state index in [2.05, 4.69) is 15.6 Å². The van der Waals surface area contributed by atoms with Crippen molar-refractivity contribution in [3.8, 4) is 11.3 Å². The smallest absolute Gasteiger partial charge is 0.321 e. The second-order valence-corrected chi connectivity index (χ2v) is 7.70. The standard InChI is InChI=1S/C24H25FN4O3/c25-20-9-2-1-8-19(20)21-16-27-23(32-21)11-10-22(30)26-15-17-6-5-7-18(14-17)28-24(31)29-12-3-4-13-29/h1-2,5-9,14,16H,3-4,10-13,15H2,(H,26,30)(H,28,31). The van der Waals surface area contributed by atoms with Gasteiger partial charge < -0.3 is 20.0 Å². The second kappa shape index (κ2) is 10.1. The topological polar surface area (TPSA) is 87.5 Å². The lowest BCUT2D eigenvalue weighted by Crippen LogP contribution is -2.32. The van der Waals surface area contributed by atoms with Crippen molar-refractivity contribution in [2.24, 2.45) is 0 Å². The summed E-state index contributed by atoms with van der Waals surface area (Å²) in [4.78, 5) is 30.4. The van der Waals surface area contributed by atoms with Crippen molar-refractivity contribution in [1.29, 1.82) is 0 Å². The van der Waals surface area contributed by atoms with E-state index in [9.17, 15) is 14.0 Å². The van der Waals surface area contributed by atoms with Gasteiger partial charge in [0.15, 0.2) is 11.7 Å². The molecule has 0 aliphatic carbocycles. The van der Waals surface area contributed by atoms with Crippen LogP contribution in [0.5, 0.6) is 0 Å². The number of oxazole rings is 1. The number of hydrogen-bond acceptors (Lipinski definition) is 4. The Bertz CT molecular complexity index is 1090. The highest BCUT2D eigenvalue weighted by Gasteiger charge is 2.17. The molecule has 3 aromatic rings. The summed E-state index contributed by atoms with van der Waals surface area (Å²) in [7, 11) is 0. The number of aromatic nitrogens is 1. The van der Waals surface area contributed by atoms with E-state index in [1.165, 1.54) is 12.3 Å². The number of carbonyl (C=O) groups is 2. The lowest BCUT2D eigenvalue weighted by atomic mass is 10.2. The third-order valence-electron chi connectivity index (χ3n) is 5.32. The van der Waals surface area contributed by atoms with Crippen LogP contribution in [0.25, 0.3) is 11.3 Å². The summed E-state index contributed by atoms with van der Waals surface area (Å²) in [6.45, 7) is 1.92. The minimum atomic E-state index is -0.383. The molecule has 1 saturated heterocycles. The minimum Gasteiger partial charge on any atom is -0.441 e. The van der Waals surface area contributed by atoms with Crippen molar-refractivity contribution in [3.63, 3.8) is 0 Å². The number of nitrogens with zero attached hydrogens (tertiary/aromatic N) is 2. The van der Waals surface area contributed by atoms with Gasteiger partial charge in [0.05, 0.1) is 11.8 Å². The number of aryl methyl sites for hydroxylation is 1. The Balaban J connectivity index is 1.25. The second-order valence-electron chi connectivity index (χ2n) is 7.70. The number of likely N-dealkylation sites (tertiary alicyclic amines) is 1. The van der Waals surface area contributed by atoms with Gasteiger partial charge in [-0.3, -0.25) is 4.79 Å². The number of urea groups is 1. The van der Waals surface area contributed by atoms with Gasteiger partial charge >= 0.3 is 6.03 Å². The van der Waals surface area contributed by atoms with Crippen LogP contribution < -0.4 is 10.6 Å². The van der Waals surface area contributed by atoms with Crippen molar-refractivity contribution in [2.75, 3.05) is 18.4 Å². The highest BCUT2D eigenvalue weighted by molar-refractivity contribution is 5.89. The van der Waals surface area contributed by atoms with Crippen LogP contribution in [0.4, 0.5) is 14.9 Å². The fourth-order valence-electron chi connectivity index (χ4n) is 3.60. The van der Waals surface area contributed by atoms with E-state index in [1.54, 1.807) is 23.1 Å². The van der Waals surface area contributed by atoms with Crippen molar-refractivity contribution < 1.29 is 18.4 Å². The molecule has 8 heteroatoms. The van der Waals surface area contributed by atoms with Crippen molar-refractivity contribution in [3.05, 3.63) is 72.0 Å². The zero-order valence-corrected chi connectivity index (χ0v) is 17.6. The summed E-state index contributed by atoms with van der Waals surface area (Å²) in [5, 5.41) is 5.77. The molecule has 0 saturated carbocycles. The molecule has 166 valence electrons. The monoisotopic (exact) mass is 436 g/mol. The Hall–Kier alpha value is -3.68. The molecule has 1 aromatic heterocycles. The van der Waals surface area contributed by atoms with Gasteiger partial charge in [-0.1, -0.05) is 24.3 Å². The van der Waals surface area contributed by atoms with Gasteiger partial charge in [-0.25, -0.2) is 14.2 Å². The van der Waals surface area contributed by atoms with Crippen molar-refractivity contribution in [2.45, 2.75) is 32.2 Å².